The van der Waals surface area contributed by atoms with Crippen LogP contribution < -0.4 is 10.2 Å². The van der Waals surface area contributed by atoms with Crippen molar-refractivity contribution in [3.63, 3.8) is 0 Å². The molecule has 0 saturated heterocycles. The van der Waals surface area contributed by atoms with Gasteiger partial charge in [0.2, 0.25) is 15.9 Å². The molecule has 1 aliphatic rings. The SMILES string of the molecule is O=C(CCNS(=O)(=O)c1cccs1)NOC1CCCC1. The molecule has 1 aromatic heterocycles. The van der Waals surface area contributed by atoms with Crippen LogP contribution in [0, 0.1) is 0 Å². The molecule has 1 aromatic rings. The van der Waals surface area contributed by atoms with Crippen molar-refractivity contribution in [2.45, 2.75) is 42.4 Å². The van der Waals surface area contributed by atoms with E-state index in [1.807, 2.05) is 0 Å². The van der Waals surface area contributed by atoms with E-state index in [1.54, 1.807) is 11.4 Å². The van der Waals surface area contributed by atoms with E-state index in [1.165, 1.54) is 6.07 Å². The molecule has 0 aromatic carbocycles. The number of rotatable bonds is 7. The van der Waals surface area contributed by atoms with Crippen LogP contribution in [-0.2, 0) is 19.7 Å². The zero-order chi connectivity index (χ0) is 14.4. The number of nitrogens with one attached hydrogen (secondary N) is 2. The van der Waals surface area contributed by atoms with E-state index in [4.69, 9.17) is 4.84 Å². The smallest absolute Gasteiger partial charge is 0.250 e. The number of hydrogen-bond donors (Lipinski definition) is 2. The fraction of sp³-hybridized carbons (Fsp3) is 0.583. The molecule has 0 aliphatic heterocycles. The summed E-state index contributed by atoms with van der Waals surface area (Å²) in [5, 5.41) is 1.69. The lowest BCUT2D eigenvalue weighted by Crippen LogP contribution is -2.32. The van der Waals surface area contributed by atoms with Gasteiger partial charge in [-0.15, -0.1) is 11.3 Å². The van der Waals surface area contributed by atoms with Crippen LogP contribution in [0.2, 0.25) is 0 Å². The van der Waals surface area contributed by atoms with Gasteiger partial charge in [-0.3, -0.25) is 9.63 Å². The summed E-state index contributed by atoms with van der Waals surface area (Å²) in [6.07, 6.45) is 4.33. The summed E-state index contributed by atoms with van der Waals surface area (Å²) >= 11 is 1.14. The van der Waals surface area contributed by atoms with Crippen LogP contribution in [0.1, 0.15) is 32.1 Å². The Morgan fingerprint density at radius 1 is 1.40 bits per heavy atom. The quantitative estimate of drug-likeness (QED) is 0.744. The maximum atomic E-state index is 11.8. The van der Waals surface area contributed by atoms with Crippen LogP contribution in [0.5, 0.6) is 0 Å². The molecule has 0 unspecified atom stereocenters. The minimum atomic E-state index is -3.50. The maximum Gasteiger partial charge on any atom is 0.250 e. The van der Waals surface area contributed by atoms with Gasteiger partial charge in [0.25, 0.3) is 0 Å². The van der Waals surface area contributed by atoms with Gasteiger partial charge in [-0.2, -0.15) is 0 Å². The molecule has 8 heteroatoms. The van der Waals surface area contributed by atoms with Crippen molar-refractivity contribution < 1.29 is 18.0 Å². The Bertz CT molecular complexity index is 522. The van der Waals surface area contributed by atoms with Gasteiger partial charge < -0.3 is 0 Å². The molecule has 20 heavy (non-hydrogen) atoms. The summed E-state index contributed by atoms with van der Waals surface area (Å²) in [4.78, 5) is 16.7. The highest BCUT2D eigenvalue weighted by Gasteiger charge is 2.18. The van der Waals surface area contributed by atoms with Crippen molar-refractivity contribution in [3.8, 4) is 0 Å². The van der Waals surface area contributed by atoms with E-state index in [-0.39, 0.29) is 29.2 Å². The number of carbonyl (C=O) groups is 1. The Hall–Kier alpha value is -0.960. The van der Waals surface area contributed by atoms with E-state index in [2.05, 4.69) is 10.2 Å². The summed E-state index contributed by atoms with van der Waals surface area (Å²) in [7, 11) is -3.50. The molecule has 0 spiro atoms. The van der Waals surface area contributed by atoms with E-state index in [9.17, 15) is 13.2 Å². The highest BCUT2D eigenvalue weighted by molar-refractivity contribution is 7.91. The summed E-state index contributed by atoms with van der Waals surface area (Å²) < 4.78 is 26.2. The van der Waals surface area contributed by atoms with Gasteiger partial charge in [0.1, 0.15) is 4.21 Å². The number of thiophene rings is 1. The second kappa shape index (κ2) is 7.16. The Balaban J connectivity index is 1.66. The zero-order valence-corrected chi connectivity index (χ0v) is 12.6. The summed E-state index contributed by atoms with van der Waals surface area (Å²) in [5.74, 6) is -0.314. The third-order valence-electron chi connectivity index (χ3n) is 3.05. The van der Waals surface area contributed by atoms with Crippen LogP contribution in [0.4, 0.5) is 0 Å². The molecular weight excluding hydrogens is 300 g/mol. The molecule has 0 atom stereocenters. The highest BCUT2D eigenvalue weighted by atomic mass is 32.2. The van der Waals surface area contributed by atoms with E-state index in [0.29, 0.717) is 0 Å². The van der Waals surface area contributed by atoms with Gasteiger partial charge in [0, 0.05) is 13.0 Å². The third-order valence-corrected chi connectivity index (χ3v) is 5.90. The lowest BCUT2D eigenvalue weighted by molar-refractivity contribution is -0.138. The van der Waals surface area contributed by atoms with Crippen molar-refractivity contribution in [2.75, 3.05) is 6.54 Å². The van der Waals surface area contributed by atoms with Gasteiger partial charge in [0.05, 0.1) is 6.10 Å². The van der Waals surface area contributed by atoms with E-state index in [0.717, 1.165) is 37.0 Å². The summed E-state index contributed by atoms with van der Waals surface area (Å²) in [5.41, 5.74) is 2.37. The number of hydroxylamine groups is 1. The molecule has 112 valence electrons. The normalized spacial score (nSPS) is 16.4. The van der Waals surface area contributed by atoms with Crippen molar-refractivity contribution in [1.82, 2.24) is 10.2 Å². The molecule has 1 amide bonds. The first-order valence-corrected chi connectivity index (χ1v) is 8.92. The lowest BCUT2D eigenvalue weighted by Gasteiger charge is -2.11. The fourth-order valence-electron chi connectivity index (χ4n) is 1.99. The van der Waals surface area contributed by atoms with Crippen LogP contribution in [0.15, 0.2) is 21.7 Å². The third kappa shape index (κ3) is 4.55. The molecule has 2 N–H and O–H groups in total. The minimum absolute atomic E-state index is 0.0529. The molecule has 0 radical (unpaired) electrons. The molecular formula is C12H18N2O4S2. The standard InChI is InChI=1S/C12H18N2O4S2/c15-11(14-18-10-4-1-2-5-10)7-8-13-20(16,17)12-6-3-9-19-12/h3,6,9-10,13H,1-2,4-5,7-8H2,(H,14,15). The fourth-order valence-corrected chi connectivity index (χ4v) is 4.06. The van der Waals surface area contributed by atoms with Crippen LogP contribution in [-0.4, -0.2) is 27.0 Å². The van der Waals surface area contributed by atoms with Gasteiger partial charge in [0.15, 0.2) is 0 Å². The van der Waals surface area contributed by atoms with Gasteiger partial charge in [-0.25, -0.2) is 18.6 Å². The number of carbonyl (C=O) groups excluding carboxylic acids is 1. The first-order valence-electron chi connectivity index (χ1n) is 6.55. The van der Waals surface area contributed by atoms with Gasteiger partial charge in [-0.05, 0) is 24.3 Å². The highest BCUT2D eigenvalue weighted by Crippen LogP contribution is 2.19. The average Bonchev–Trinajstić information content (AvgIpc) is 3.09. The Morgan fingerprint density at radius 2 is 2.15 bits per heavy atom. The van der Waals surface area contributed by atoms with Crippen LogP contribution in [0.25, 0.3) is 0 Å². The number of hydrogen-bond acceptors (Lipinski definition) is 5. The molecule has 0 bridgehead atoms. The number of amides is 1. The van der Waals surface area contributed by atoms with Crippen molar-refractivity contribution >= 4 is 27.3 Å². The summed E-state index contributed by atoms with van der Waals surface area (Å²) in [6.45, 7) is 0.0556. The second-order valence-electron chi connectivity index (χ2n) is 4.63. The maximum absolute atomic E-state index is 11.8. The Morgan fingerprint density at radius 3 is 2.80 bits per heavy atom. The second-order valence-corrected chi connectivity index (χ2v) is 7.57. The van der Waals surface area contributed by atoms with Crippen LogP contribution in [0.3, 0.4) is 0 Å². The monoisotopic (exact) mass is 318 g/mol. The summed E-state index contributed by atoms with van der Waals surface area (Å²) in [6, 6.07) is 3.19. The average molecular weight is 318 g/mol. The predicted octanol–water partition coefficient (Wildman–Crippen LogP) is 1.41. The molecule has 1 aliphatic carbocycles. The predicted molar refractivity (Wildman–Crippen MR) is 75.6 cm³/mol. The first-order chi connectivity index (χ1) is 9.58. The molecule has 1 heterocycles. The van der Waals surface area contributed by atoms with Crippen LogP contribution >= 0.6 is 11.3 Å². The van der Waals surface area contributed by atoms with Crippen molar-refractivity contribution in [3.05, 3.63) is 17.5 Å². The van der Waals surface area contributed by atoms with Crippen molar-refractivity contribution in [1.29, 1.82) is 0 Å². The van der Waals surface area contributed by atoms with Crippen molar-refractivity contribution in [2.24, 2.45) is 0 Å². The molecule has 1 saturated carbocycles. The molecule has 2 rings (SSSR count). The Labute approximate surface area is 122 Å². The zero-order valence-electron chi connectivity index (χ0n) is 11.0. The van der Waals surface area contributed by atoms with E-state index >= 15 is 0 Å². The topological polar surface area (TPSA) is 84.5 Å². The van der Waals surface area contributed by atoms with E-state index < -0.39 is 10.0 Å². The minimum Gasteiger partial charge on any atom is -0.273 e. The van der Waals surface area contributed by atoms with Gasteiger partial charge in [-0.1, -0.05) is 18.9 Å². The number of sulfonamides is 1. The molecule has 1 fully saturated rings. The molecule has 6 nitrogen and oxygen atoms in total. The van der Waals surface area contributed by atoms with Gasteiger partial charge >= 0.3 is 0 Å². The Kier molecular flexibility index (Phi) is 5.53. The largest absolute Gasteiger partial charge is 0.273 e. The lowest BCUT2D eigenvalue weighted by atomic mass is 10.3. The first kappa shape index (κ1) is 15.4.